The largest absolute Gasteiger partial charge is 0.344 e. The molecule has 10 heteroatoms. The summed E-state index contributed by atoms with van der Waals surface area (Å²) in [7, 11) is -0.846. The van der Waals surface area contributed by atoms with Crippen molar-refractivity contribution in [2.45, 2.75) is 57.9 Å². The molecule has 0 saturated heterocycles. The molecule has 2 aliphatic carbocycles. The average Bonchev–Trinajstić information content (AvgIpc) is 3.46. The number of amides is 2. The van der Waals surface area contributed by atoms with Crippen molar-refractivity contribution in [1.82, 2.24) is 24.1 Å². The lowest BCUT2D eigenvalue weighted by molar-refractivity contribution is -0.127. The molecule has 0 fully saturated rings. The fraction of sp³-hybridized carbons (Fsp3) is 0.522. The van der Waals surface area contributed by atoms with Gasteiger partial charge < -0.3 is 4.90 Å². The van der Waals surface area contributed by atoms with E-state index in [1.54, 1.807) is 31.2 Å². The Balaban J connectivity index is 1.50. The lowest BCUT2D eigenvalue weighted by atomic mass is 9.92. The Morgan fingerprint density at radius 2 is 1.79 bits per heavy atom. The summed E-state index contributed by atoms with van der Waals surface area (Å²) < 4.78 is 32.0. The average molecular weight is 474 g/mol. The van der Waals surface area contributed by atoms with Crippen LogP contribution in [0.1, 0.15) is 59.2 Å². The molecule has 33 heavy (non-hydrogen) atoms. The summed E-state index contributed by atoms with van der Waals surface area (Å²) in [5.74, 6) is -0.749. The third-order valence-electron chi connectivity index (χ3n) is 6.60. The SMILES string of the molecule is CC(=O)N(C)CC(NS(=O)(=O)NC(=O)Cc1c2c(cc3c1CCC3)CCC2)c1cnn(C)c1. The number of aromatic nitrogens is 2. The van der Waals surface area contributed by atoms with Crippen LogP contribution in [-0.2, 0) is 59.0 Å². The second-order valence-corrected chi connectivity index (χ2v) is 10.5. The lowest BCUT2D eigenvalue weighted by Crippen LogP contribution is -2.45. The van der Waals surface area contributed by atoms with Gasteiger partial charge in [-0.25, -0.2) is 4.72 Å². The molecular formula is C23H31N5O4S. The quantitative estimate of drug-likeness (QED) is 0.596. The van der Waals surface area contributed by atoms with Crippen LogP contribution in [0.2, 0.25) is 0 Å². The van der Waals surface area contributed by atoms with E-state index >= 15 is 0 Å². The maximum atomic E-state index is 12.9. The summed E-state index contributed by atoms with van der Waals surface area (Å²) in [6.07, 6.45) is 9.34. The number of carbonyl (C=O) groups is 2. The number of hydrogen-bond acceptors (Lipinski definition) is 5. The maximum Gasteiger partial charge on any atom is 0.301 e. The van der Waals surface area contributed by atoms with Crippen LogP contribution in [0, 0.1) is 0 Å². The van der Waals surface area contributed by atoms with Gasteiger partial charge in [-0.1, -0.05) is 6.07 Å². The zero-order chi connectivity index (χ0) is 23.8. The molecule has 1 aromatic carbocycles. The van der Waals surface area contributed by atoms with Gasteiger partial charge in [-0.3, -0.25) is 14.3 Å². The molecule has 0 spiro atoms. The van der Waals surface area contributed by atoms with Crippen molar-refractivity contribution < 1.29 is 18.0 Å². The molecule has 2 aliphatic rings. The van der Waals surface area contributed by atoms with Gasteiger partial charge in [-0.2, -0.15) is 18.2 Å². The van der Waals surface area contributed by atoms with Crippen LogP contribution >= 0.6 is 0 Å². The van der Waals surface area contributed by atoms with E-state index in [0.29, 0.717) is 5.56 Å². The molecule has 2 aromatic rings. The summed E-state index contributed by atoms with van der Waals surface area (Å²) in [6, 6.07) is 1.54. The number of benzene rings is 1. The third-order valence-corrected chi connectivity index (χ3v) is 7.69. The number of rotatable bonds is 8. The smallest absolute Gasteiger partial charge is 0.301 e. The van der Waals surface area contributed by atoms with E-state index in [4.69, 9.17) is 0 Å². The summed E-state index contributed by atoms with van der Waals surface area (Å²) >= 11 is 0. The fourth-order valence-corrected chi connectivity index (χ4v) is 5.96. The van der Waals surface area contributed by atoms with Crippen LogP contribution in [0.25, 0.3) is 0 Å². The first-order valence-corrected chi connectivity index (χ1v) is 12.8. The van der Waals surface area contributed by atoms with Crippen LogP contribution < -0.4 is 9.44 Å². The van der Waals surface area contributed by atoms with Gasteiger partial charge in [0.15, 0.2) is 0 Å². The van der Waals surface area contributed by atoms with Gasteiger partial charge in [-0.05, 0) is 66.3 Å². The minimum Gasteiger partial charge on any atom is -0.344 e. The third kappa shape index (κ3) is 5.27. The zero-order valence-electron chi connectivity index (χ0n) is 19.3. The van der Waals surface area contributed by atoms with E-state index in [1.165, 1.54) is 34.1 Å². The monoisotopic (exact) mass is 473 g/mol. The molecular weight excluding hydrogens is 442 g/mol. The summed E-state index contributed by atoms with van der Waals surface area (Å²) in [5, 5.41) is 4.09. The molecule has 0 bridgehead atoms. The Hall–Kier alpha value is -2.72. The molecule has 2 N–H and O–H groups in total. The molecule has 1 unspecified atom stereocenters. The van der Waals surface area contributed by atoms with Gasteiger partial charge in [0.25, 0.3) is 0 Å². The predicted molar refractivity (Wildman–Crippen MR) is 124 cm³/mol. The number of nitrogens with one attached hydrogen (secondary N) is 2. The predicted octanol–water partition coefficient (Wildman–Crippen LogP) is 1.11. The first-order valence-electron chi connectivity index (χ1n) is 11.3. The Bertz CT molecular complexity index is 1160. The standard InChI is InChI=1S/C23H31N5O4S/c1-15(29)27(2)14-22(18-12-24-28(3)13-18)25-33(31,32)26-23(30)11-21-19-8-4-6-16(19)10-17-7-5-9-20(17)21/h10,12-13,22,25H,4-9,11,14H2,1-3H3,(H,26,30). The molecule has 1 aromatic heterocycles. The minimum absolute atomic E-state index is 0.0529. The molecule has 4 rings (SSSR count). The molecule has 1 atom stereocenters. The van der Waals surface area contributed by atoms with E-state index in [-0.39, 0.29) is 18.9 Å². The first kappa shape index (κ1) is 23.4. The van der Waals surface area contributed by atoms with Gasteiger partial charge in [-0.15, -0.1) is 0 Å². The number of nitrogens with zero attached hydrogens (tertiary/aromatic N) is 3. The molecule has 178 valence electrons. The number of likely N-dealkylation sites (N-methyl/N-ethyl adjacent to an activating group) is 1. The number of carbonyl (C=O) groups excluding carboxylic acids is 2. The normalized spacial score (nSPS) is 15.7. The lowest BCUT2D eigenvalue weighted by Gasteiger charge is -2.23. The summed E-state index contributed by atoms with van der Waals surface area (Å²) in [5.41, 5.74) is 6.69. The van der Waals surface area contributed by atoms with Crippen molar-refractivity contribution >= 4 is 22.0 Å². The van der Waals surface area contributed by atoms with Gasteiger partial charge in [0.1, 0.15) is 0 Å². The van der Waals surface area contributed by atoms with Crippen LogP contribution in [0.4, 0.5) is 0 Å². The number of fused-ring (bicyclic) bond motifs is 2. The Labute approximate surface area is 194 Å². The van der Waals surface area contributed by atoms with Gasteiger partial charge in [0.05, 0.1) is 18.7 Å². The first-order chi connectivity index (χ1) is 15.6. The second kappa shape index (κ2) is 9.26. The molecule has 1 heterocycles. The summed E-state index contributed by atoms with van der Waals surface area (Å²) in [4.78, 5) is 26.0. The van der Waals surface area contributed by atoms with Crippen molar-refractivity contribution in [3.05, 3.63) is 51.8 Å². The van der Waals surface area contributed by atoms with Crippen molar-refractivity contribution in [1.29, 1.82) is 0 Å². The number of hydrogen-bond donors (Lipinski definition) is 2. The van der Waals surface area contributed by atoms with Crippen molar-refractivity contribution in [3.63, 3.8) is 0 Å². The van der Waals surface area contributed by atoms with Gasteiger partial charge in [0.2, 0.25) is 11.8 Å². The molecule has 0 radical (unpaired) electrons. The highest BCUT2D eigenvalue weighted by molar-refractivity contribution is 7.88. The Morgan fingerprint density at radius 1 is 1.15 bits per heavy atom. The van der Waals surface area contributed by atoms with E-state index in [1.807, 2.05) is 0 Å². The maximum absolute atomic E-state index is 12.9. The number of aryl methyl sites for hydroxylation is 3. The molecule has 0 saturated carbocycles. The highest BCUT2D eigenvalue weighted by Gasteiger charge is 2.28. The van der Waals surface area contributed by atoms with Crippen molar-refractivity contribution in [2.24, 2.45) is 7.05 Å². The van der Waals surface area contributed by atoms with E-state index in [2.05, 4.69) is 20.6 Å². The highest BCUT2D eigenvalue weighted by Crippen LogP contribution is 2.35. The van der Waals surface area contributed by atoms with Crippen LogP contribution in [-0.4, -0.2) is 48.5 Å². The molecule has 0 aliphatic heterocycles. The van der Waals surface area contributed by atoms with Gasteiger partial charge in [0, 0.05) is 39.3 Å². The zero-order valence-corrected chi connectivity index (χ0v) is 20.2. The van der Waals surface area contributed by atoms with Crippen molar-refractivity contribution in [3.8, 4) is 0 Å². The van der Waals surface area contributed by atoms with Crippen LogP contribution in [0.15, 0.2) is 18.5 Å². The minimum atomic E-state index is -4.16. The van der Waals surface area contributed by atoms with E-state index in [0.717, 1.165) is 44.1 Å². The topological polar surface area (TPSA) is 113 Å². The van der Waals surface area contributed by atoms with Crippen LogP contribution in [0.5, 0.6) is 0 Å². The van der Waals surface area contributed by atoms with Crippen molar-refractivity contribution in [2.75, 3.05) is 13.6 Å². The Morgan fingerprint density at radius 3 is 2.33 bits per heavy atom. The Kier molecular flexibility index (Phi) is 6.58. The fourth-order valence-electron chi connectivity index (χ4n) is 4.94. The molecule has 2 amide bonds. The highest BCUT2D eigenvalue weighted by atomic mass is 32.2. The second-order valence-electron chi connectivity index (χ2n) is 9.06. The van der Waals surface area contributed by atoms with E-state index < -0.39 is 22.2 Å². The van der Waals surface area contributed by atoms with Crippen LogP contribution in [0.3, 0.4) is 0 Å². The molecule has 9 nitrogen and oxygen atoms in total. The summed E-state index contributed by atoms with van der Waals surface area (Å²) in [6.45, 7) is 1.52. The van der Waals surface area contributed by atoms with Gasteiger partial charge >= 0.3 is 10.2 Å². The van der Waals surface area contributed by atoms with E-state index in [9.17, 15) is 18.0 Å².